The van der Waals surface area contributed by atoms with E-state index in [-0.39, 0.29) is 11.4 Å². The Kier molecular flexibility index (Phi) is 3.30. The summed E-state index contributed by atoms with van der Waals surface area (Å²) >= 11 is 3.25. The van der Waals surface area contributed by atoms with E-state index in [4.69, 9.17) is 5.26 Å². The molecule has 0 spiro atoms. The predicted molar refractivity (Wildman–Crippen MR) is 64.1 cm³/mol. The summed E-state index contributed by atoms with van der Waals surface area (Å²) in [6, 6.07) is 7.85. The van der Waals surface area contributed by atoms with Gasteiger partial charge in [0.25, 0.3) is 0 Å². The molecule has 1 aromatic carbocycles. The van der Waals surface area contributed by atoms with E-state index in [1.165, 1.54) is 18.5 Å². The molecule has 4 nitrogen and oxygen atoms in total. The monoisotopic (exact) mass is 292 g/mol. The number of rotatable bonds is 2. The maximum Gasteiger partial charge on any atom is 0.146 e. The van der Waals surface area contributed by atoms with Crippen LogP contribution in [0.25, 0.3) is 0 Å². The molecular formula is C11H6BrFN4. The Morgan fingerprint density at radius 2 is 2.12 bits per heavy atom. The van der Waals surface area contributed by atoms with Gasteiger partial charge in [0, 0.05) is 10.5 Å². The number of nitrogens with one attached hydrogen (secondary N) is 1. The van der Waals surface area contributed by atoms with Gasteiger partial charge in [-0.25, -0.2) is 14.4 Å². The summed E-state index contributed by atoms with van der Waals surface area (Å²) in [5.74, 6) is -0.0288. The fraction of sp³-hybridized carbons (Fsp3) is 0. The topological polar surface area (TPSA) is 61.6 Å². The fourth-order valence-corrected chi connectivity index (χ4v) is 1.58. The van der Waals surface area contributed by atoms with Crippen LogP contribution in [0.1, 0.15) is 5.69 Å². The van der Waals surface area contributed by atoms with Gasteiger partial charge in [0.1, 0.15) is 29.7 Å². The SMILES string of the molecule is N#Cc1cc(Nc2cc(Br)ccc2F)ncn1. The molecule has 0 amide bonds. The quantitative estimate of drug-likeness (QED) is 0.924. The fourth-order valence-electron chi connectivity index (χ4n) is 1.22. The molecule has 84 valence electrons. The molecule has 1 aromatic heterocycles. The number of benzene rings is 1. The highest BCUT2D eigenvalue weighted by atomic mass is 79.9. The van der Waals surface area contributed by atoms with Crippen molar-refractivity contribution in [1.82, 2.24) is 9.97 Å². The third kappa shape index (κ3) is 2.77. The van der Waals surface area contributed by atoms with Gasteiger partial charge < -0.3 is 5.32 Å². The van der Waals surface area contributed by atoms with Gasteiger partial charge in [-0.2, -0.15) is 5.26 Å². The Morgan fingerprint density at radius 1 is 1.29 bits per heavy atom. The van der Waals surface area contributed by atoms with E-state index in [2.05, 4.69) is 31.2 Å². The van der Waals surface area contributed by atoms with Crippen LogP contribution in [0.15, 0.2) is 35.1 Å². The molecular weight excluding hydrogens is 287 g/mol. The van der Waals surface area contributed by atoms with Crippen molar-refractivity contribution in [3.8, 4) is 6.07 Å². The third-order valence-corrected chi connectivity index (χ3v) is 2.47. The second-order valence-electron chi connectivity index (χ2n) is 3.15. The van der Waals surface area contributed by atoms with Crippen LogP contribution < -0.4 is 5.32 Å². The van der Waals surface area contributed by atoms with Crippen LogP contribution in [0.3, 0.4) is 0 Å². The molecule has 2 rings (SSSR count). The summed E-state index contributed by atoms with van der Waals surface area (Å²) in [5.41, 5.74) is 0.500. The van der Waals surface area contributed by atoms with Crippen LogP contribution in [0.5, 0.6) is 0 Å². The molecule has 1 heterocycles. The van der Waals surface area contributed by atoms with Gasteiger partial charge in [0.05, 0.1) is 5.69 Å². The van der Waals surface area contributed by atoms with Gasteiger partial charge in [-0.15, -0.1) is 0 Å². The molecule has 0 bridgehead atoms. The molecule has 1 N–H and O–H groups in total. The minimum absolute atomic E-state index is 0.220. The zero-order chi connectivity index (χ0) is 12.3. The lowest BCUT2D eigenvalue weighted by Crippen LogP contribution is -1.97. The van der Waals surface area contributed by atoms with Crippen LogP contribution in [0.2, 0.25) is 0 Å². The molecule has 0 saturated carbocycles. The molecule has 0 aliphatic carbocycles. The first kappa shape index (κ1) is 11.5. The second-order valence-corrected chi connectivity index (χ2v) is 4.07. The average molecular weight is 293 g/mol. The molecule has 0 radical (unpaired) electrons. The van der Waals surface area contributed by atoms with Gasteiger partial charge in [-0.05, 0) is 18.2 Å². The van der Waals surface area contributed by atoms with E-state index in [0.717, 1.165) is 4.47 Å². The maximum atomic E-state index is 13.4. The lowest BCUT2D eigenvalue weighted by Gasteiger charge is -2.06. The van der Waals surface area contributed by atoms with E-state index in [1.54, 1.807) is 12.1 Å². The molecule has 0 saturated heterocycles. The number of nitrogens with zero attached hydrogens (tertiary/aromatic N) is 3. The van der Waals surface area contributed by atoms with Gasteiger partial charge >= 0.3 is 0 Å². The van der Waals surface area contributed by atoms with Crippen molar-refractivity contribution < 1.29 is 4.39 Å². The number of halogens is 2. The van der Waals surface area contributed by atoms with Gasteiger partial charge in [0.15, 0.2) is 0 Å². The summed E-state index contributed by atoms with van der Waals surface area (Å²) in [6.45, 7) is 0. The summed E-state index contributed by atoms with van der Waals surface area (Å²) in [5, 5.41) is 11.5. The Morgan fingerprint density at radius 3 is 2.88 bits per heavy atom. The summed E-state index contributed by atoms with van der Waals surface area (Å²) < 4.78 is 14.2. The second kappa shape index (κ2) is 4.89. The lowest BCUT2D eigenvalue weighted by atomic mass is 10.3. The first-order valence-electron chi connectivity index (χ1n) is 4.63. The van der Waals surface area contributed by atoms with E-state index in [1.807, 2.05) is 6.07 Å². The van der Waals surface area contributed by atoms with Crippen molar-refractivity contribution in [1.29, 1.82) is 5.26 Å². The van der Waals surface area contributed by atoms with E-state index >= 15 is 0 Å². The Balaban J connectivity index is 2.31. The molecule has 0 aliphatic rings. The summed E-state index contributed by atoms with van der Waals surface area (Å²) in [6.07, 6.45) is 1.25. The van der Waals surface area contributed by atoms with E-state index in [0.29, 0.717) is 5.82 Å². The molecule has 0 aliphatic heterocycles. The minimum Gasteiger partial charge on any atom is -0.338 e. The molecule has 0 unspecified atom stereocenters. The Hall–Kier alpha value is -2.00. The maximum absolute atomic E-state index is 13.4. The van der Waals surface area contributed by atoms with Crippen molar-refractivity contribution in [2.75, 3.05) is 5.32 Å². The molecule has 6 heteroatoms. The smallest absolute Gasteiger partial charge is 0.146 e. The van der Waals surface area contributed by atoms with Crippen molar-refractivity contribution in [2.24, 2.45) is 0 Å². The van der Waals surface area contributed by atoms with Crippen LogP contribution in [0.4, 0.5) is 15.9 Å². The van der Waals surface area contributed by atoms with E-state index < -0.39 is 5.82 Å². The normalized spacial score (nSPS) is 9.71. The molecule has 0 atom stereocenters. The predicted octanol–water partition coefficient (Wildman–Crippen LogP) is 2.99. The van der Waals surface area contributed by atoms with Gasteiger partial charge in [0.2, 0.25) is 0 Å². The number of anilines is 2. The number of hydrogen-bond donors (Lipinski definition) is 1. The number of nitriles is 1. The van der Waals surface area contributed by atoms with Crippen LogP contribution in [0, 0.1) is 17.1 Å². The number of aromatic nitrogens is 2. The Bertz CT molecular complexity index is 594. The first-order chi connectivity index (χ1) is 8.19. The van der Waals surface area contributed by atoms with Crippen molar-refractivity contribution in [3.63, 3.8) is 0 Å². The largest absolute Gasteiger partial charge is 0.338 e. The Labute approximate surface area is 105 Å². The van der Waals surface area contributed by atoms with Gasteiger partial charge in [-0.1, -0.05) is 15.9 Å². The summed E-state index contributed by atoms with van der Waals surface area (Å²) in [4.78, 5) is 7.62. The van der Waals surface area contributed by atoms with Crippen molar-refractivity contribution in [2.45, 2.75) is 0 Å². The van der Waals surface area contributed by atoms with Crippen molar-refractivity contribution in [3.05, 3.63) is 46.6 Å². The minimum atomic E-state index is -0.398. The van der Waals surface area contributed by atoms with Crippen LogP contribution in [-0.2, 0) is 0 Å². The van der Waals surface area contributed by atoms with Crippen molar-refractivity contribution >= 4 is 27.4 Å². The highest BCUT2D eigenvalue weighted by Crippen LogP contribution is 2.22. The zero-order valence-electron chi connectivity index (χ0n) is 8.48. The third-order valence-electron chi connectivity index (χ3n) is 1.97. The molecule has 17 heavy (non-hydrogen) atoms. The zero-order valence-corrected chi connectivity index (χ0v) is 10.1. The highest BCUT2D eigenvalue weighted by Gasteiger charge is 2.04. The lowest BCUT2D eigenvalue weighted by molar-refractivity contribution is 0.631. The van der Waals surface area contributed by atoms with E-state index in [9.17, 15) is 4.39 Å². The highest BCUT2D eigenvalue weighted by molar-refractivity contribution is 9.10. The summed E-state index contributed by atoms with van der Waals surface area (Å²) in [7, 11) is 0. The molecule has 2 aromatic rings. The van der Waals surface area contributed by atoms with Gasteiger partial charge in [-0.3, -0.25) is 0 Å². The average Bonchev–Trinajstić information content (AvgIpc) is 2.34. The standard InChI is InChI=1S/C11H6BrFN4/c12-7-1-2-9(13)10(3-7)17-11-4-8(5-14)15-6-16-11/h1-4,6H,(H,15,16,17). The van der Waals surface area contributed by atoms with Crippen LogP contribution in [-0.4, -0.2) is 9.97 Å². The first-order valence-corrected chi connectivity index (χ1v) is 5.42. The number of hydrogen-bond acceptors (Lipinski definition) is 4. The van der Waals surface area contributed by atoms with Crippen LogP contribution >= 0.6 is 15.9 Å². The molecule has 0 fully saturated rings.